The smallest absolute Gasteiger partial charge is 0.382 e. The largest absolute Gasteiger partial charge is 0.416 e. The zero-order valence-electron chi connectivity index (χ0n) is 27.5. The molecule has 1 fully saturated rings. The molecule has 2 aromatic heterocycles. The zero-order chi connectivity index (χ0) is 35.5. The van der Waals surface area contributed by atoms with Crippen LogP contribution in [-0.2, 0) is 17.5 Å². The molecule has 3 heterocycles. The van der Waals surface area contributed by atoms with Gasteiger partial charge < -0.3 is 20.4 Å². The Hall–Kier alpha value is -5.61. The second kappa shape index (κ2) is 14.2. The average molecular weight is 674 g/mol. The molecule has 0 saturated carbocycles. The van der Waals surface area contributed by atoms with E-state index in [0.717, 1.165) is 29.6 Å². The number of carbonyl (C=O) groups is 2. The SMILES string of the molecule is C=C/C(=C\N(C)C)Nc1cccn2c(C#Cc3cc(C(=O)Nc4cc(CN5CCN(C)C(=O)C5)cc(C(F)(F)F)c4)c(F)cc3C)cnc12. The molecule has 2 N–H and O–H groups in total. The number of rotatable bonds is 8. The highest BCUT2D eigenvalue weighted by Crippen LogP contribution is 2.33. The Kier molecular flexibility index (Phi) is 10.1. The van der Waals surface area contributed by atoms with Gasteiger partial charge in [-0.1, -0.05) is 12.5 Å². The van der Waals surface area contributed by atoms with Crippen molar-refractivity contribution in [2.75, 3.05) is 51.4 Å². The number of allylic oxidation sites excluding steroid dienone is 1. The van der Waals surface area contributed by atoms with Crippen LogP contribution in [0.1, 0.15) is 38.3 Å². The lowest BCUT2D eigenvalue weighted by atomic mass is 10.0. The molecule has 2 amide bonds. The summed E-state index contributed by atoms with van der Waals surface area (Å²) in [6.45, 7) is 6.53. The molecular formula is C36H35F4N7O2. The molecule has 1 saturated heterocycles. The van der Waals surface area contributed by atoms with Crippen molar-refractivity contribution >= 4 is 28.8 Å². The van der Waals surface area contributed by atoms with Gasteiger partial charge in [-0.15, -0.1) is 0 Å². The van der Waals surface area contributed by atoms with E-state index >= 15 is 4.39 Å². The highest BCUT2D eigenvalue weighted by atomic mass is 19.4. The van der Waals surface area contributed by atoms with Gasteiger partial charge in [-0.05, 0) is 72.5 Å². The third kappa shape index (κ3) is 8.28. The Morgan fingerprint density at radius 1 is 1.12 bits per heavy atom. The van der Waals surface area contributed by atoms with Gasteiger partial charge in [-0.3, -0.25) is 18.9 Å². The molecule has 49 heavy (non-hydrogen) atoms. The number of carbonyl (C=O) groups excluding carboxylic acids is 2. The Bertz CT molecular complexity index is 2020. The first kappa shape index (κ1) is 34.7. The van der Waals surface area contributed by atoms with Crippen LogP contribution in [0.25, 0.3) is 5.65 Å². The fourth-order valence-electron chi connectivity index (χ4n) is 5.30. The Morgan fingerprint density at radius 2 is 1.90 bits per heavy atom. The van der Waals surface area contributed by atoms with Gasteiger partial charge in [-0.2, -0.15) is 13.2 Å². The summed E-state index contributed by atoms with van der Waals surface area (Å²) in [6.07, 6.45) is 2.24. The van der Waals surface area contributed by atoms with Crippen molar-refractivity contribution in [1.82, 2.24) is 24.1 Å². The maximum Gasteiger partial charge on any atom is 0.416 e. The number of piperazine rings is 1. The molecule has 0 aliphatic carbocycles. The van der Waals surface area contributed by atoms with E-state index < -0.39 is 23.5 Å². The molecule has 0 bridgehead atoms. The van der Waals surface area contributed by atoms with E-state index in [1.54, 1.807) is 46.6 Å². The minimum atomic E-state index is -4.70. The number of halogens is 4. The summed E-state index contributed by atoms with van der Waals surface area (Å²) < 4.78 is 58.4. The standard InChI is InChI=1S/C36H35F4N7O2/c1-6-27(21-44(3)4)42-32-8-7-11-47-29(19-41-34(32)47)10-9-25-17-30(31(37)14-23(25)2)35(49)43-28-16-24(15-26(18-28)36(38,39)40)20-46-13-12-45(5)33(48)22-46/h6-8,11,14-19,21,42H,1,12-13,20,22H2,2-5H3,(H,43,49)/b27-21+. The number of pyridine rings is 1. The van der Waals surface area contributed by atoms with Crippen LogP contribution in [-0.4, -0.2) is 76.7 Å². The van der Waals surface area contributed by atoms with Gasteiger partial charge in [0.1, 0.15) is 11.5 Å². The number of nitrogens with zero attached hydrogens (tertiary/aromatic N) is 5. The molecule has 1 aliphatic heterocycles. The number of fused-ring (bicyclic) bond motifs is 1. The quantitative estimate of drug-likeness (QED) is 0.141. The van der Waals surface area contributed by atoms with Crippen LogP contribution in [0.15, 0.2) is 79.4 Å². The molecular weight excluding hydrogens is 638 g/mol. The fraction of sp³-hybridized carbons (Fsp3) is 0.250. The van der Waals surface area contributed by atoms with Gasteiger partial charge >= 0.3 is 6.18 Å². The number of hydrogen-bond donors (Lipinski definition) is 2. The van der Waals surface area contributed by atoms with E-state index in [1.807, 2.05) is 37.3 Å². The third-order valence-corrected chi connectivity index (χ3v) is 7.84. The lowest BCUT2D eigenvalue weighted by Crippen LogP contribution is -2.47. The summed E-state index contributed by atoms with van der Waals surface area (Å²) in [4.78, 5) is 35.1. The first-order chi connectivity index (χ1) is 23.2. The Balaban J connectivity index is 1.41. The predicted octanol–water partition coefficient (Wildman–Crippen LogP) is 5.73. The number of aryl methyl sites for hydroxylation is 1. The lowest BCUT2D eigenvalue weighted by molar-refractivity contribution is -0.138. The topological polar surface area (TPSA) is 85.2 Å². The van der Waals surface area contributed by atoms with Crippen LogP contribution < -0.4 is 10.6 Å². The monoisotopic (exact) mass is 673 g/mol. The number of alkyl halides is 3. The maximum absolute atomic E-state index is 15.1. The van der Waals surface area contributed by atoms with E-state index in [2.05, 4.69) is 34.0 Å². The normalized spacial score (nSPS) is 14.0. The molecule has 13 heteroatoms. The van der Waals surface area contributed by atoms with Crippen molar-refractivity contribution in [3.8, 4) is 11.8 Å². The van der Waals surface area contributed by atoms with E-state index in [-0.39, 0.29) is 35.8 Å². The average Bonchev–Trinajstić information content (AvgIpc) is 3.45. The first-order valence-electron chi connectivity index (χ1n) is 15.3. The van der Waals surface area contributed by atoms with Gasteiger partial charge in [0.25, 0.3) is 5.91 Å². The highest BCUT2D eigenvalue weighted by molar-refractivity contribution is 6.05. The number of nitrogens with one attached hydrogen (secondary N) is 2. The van der Waals surface area contributed by atoms with Crippen LogP contribution in [0, 0.1) is 24.6 Å². The van der Waals surface area contributed by atoms with Crippen LogP contribution in [0.4, 0.5) is 28.9 Å². The van der Waals surface area contributed by atoms with Gasteiger partial charge in [0.05, 0.1) is 35.3 Å². The third-order valence-electron chi connectivity index (χ3n) is 7.84. The van der Waals surface area contributed by atoms with E-state index in [0.29, 0.717) is 35.6 Å². The van der Waals surface area contributed by atoms with Crippen molar-refractivity contribution in [3.05, 3.63) is 119 Å². The zero-order valence-corrected chi connectivity index (χ0v) is 27.5. The van der Waals surface area contributed by atoms with Crippen LogP contribution >= 0.6 is 0 Å². The summed E-state index contributed by atoms with van der Waals surface area (Å²) in [5.41, 5.74) is 2.16. The number of likely N-dealkylation sites (N-methyl/N-ethyl adjacent to an activating group) is 1. The van der Waals surface area contributed by atoms with Crippen molar-refractivity contribution in [3.63, 3.8) is 0 Å². The second-order valence-electron chi connectivity index (χ2n) is 11.9. The minimum absolute atomic E-state index is 0.0598. The van der Waals surface area contributed by atoms with Gasteiger partial charge in [0.15, 0.2) is 5.65 Å². The summed E-state index contributed by atoms with van der Waals surface area (Å²) in [5, 5.41) is 5.72. The second-order valence-corrected chi connectivity index (χ2v) is 11.9. The number of aromatic nitrogens is 2. The van der Waals surface area contributed by atoms with Crippen LogP contribution in [0.3, 0.4) is 0 Å². The van der Waals surface area contributed by atoms with Gasteiger partial charge in [0.2, 0.25) is 5.91 Å². The molecule has 1 aliphatic rings. The van der Waals surface area contributed by atoms with Crippen molar-refractivity contribution in [2.24, 2.45) is 0 Å². The van der Waals surface area contributed by atoms with Crippen molar-refractivity contribution in [2.45, 2.75) is 19.6 Å². The molecule has 0 radical (unpaired) electrons. The molecule has 0 spiro atoms. The van der Waals surface area contributed by atoms with Crippen LogP contribution in [0.2, 0.25) is 0 Å². The van der Waals surface area contributed by atoms with Crippen molar-refractivity contribution in [1.29, 1.82) is 0 Å². The van der Waals surface area contributed by atoms with Gasteiger partial charge in [-0.25, -0.2) is 9.37 Å². The number of hydrogen-bond acceptors (Lipinski definition) is 6. The minimum Gasteiger partial charge on any atom is -0.382 e. The maximum atomic E-state index is 15.1. The highest BCUT2D eigenvalue weighted by Gasteiger charge is 2.32. The van der Waals surface area contributed by atoms with Crippen LogP contribution in [0.5, 0.6) is 0 Å². The molecule has 0 unspecified atom stereocenters. The predicted molar refractivity (Wildman–Crippen MR) is 180 cm³/mol. The molecule has 254 valence electrons. The van der Waals surface area contributed by atoms with Gasteiger partial charge in [0, 0.05) is 64.4 Å². The molecule has 5 rings (SSSR count). The molecule has 9 nitrogen and oxygen atoms in total. The summed E-state index contributed by atoms with van der Waals surface area (Å²) in [5.74, 6) is 4.09. The number of amides is 2. The van der Waals surface area contributed by atoms with Crippen molar-refractivity contribution < 1.29 is 27.2 Å². The van der Waals surface area contributed by atoms with E-state index in [9.17, 15) is 22.8 Å². The van der Waals surface area contributed by atoms with E-state index in [1.165, 1.54) is 12.1 Å². The molecule has 2 aromatic carbocycles. The Labute approximate surface area is 281 Å². The first-order valence-corrected chi connectivity index (χ1v) is 15.3. The number of benzene rings is 2. The summed E-state index contributed by atoms with van der Waals surface area (Å²) >= 11 is 0. The summed E-state index contributed by atoms with van der Waals surface area (Å²) in [7, 11) is 5.45. The lowest BCUT2D eigenvalue weighted by Gasteiger charge is -2.32. The molecule has 4 aromatic rings. The fourth-order valence-corrected chi connectivity index (χ4v) is 5.30. The number of anilines is 2. The summed E-state index contributed by atoms with van der Waals surface area (Å²) in [6, 6.07) is 9.30. The number of imidazole rings is 1. The van der Waals surface area contributed by atoms with E-state index in [4.69, 9.17) is 0 Å². The molecule has 0 atom stereocenters. The Morgan fingerprint density at radius 3 is 2.59 bits per heavy atom.